The van der Waals surface area contributed by atoms with Crippen LogP contribution in [0.4, 0.5) is 0 Å². The average Bonchev–Trinajstić information content (AvgIpc) is 0. The van der Waals surface area contributed by atoms with Gasteiger partial charge in [0.15, 0.2) is 0 Å². The van der Waals surface area contributed by atoms with Crippen molar-refractivity contribution >= 4 is 73.7 Å². The Morgan fingerprint density at radius 3 is 0.750 bits per heavy atom. The summed E-state index contributed by atoms with van der Waals surface area (Å²) >= 11 is 0. The number of hydrogen-bond acceptors (Lipinski definition) is 0. The molecule has 0 aliphatic heterocycles. The van der Waals surface area contributed by atoms with E-state index in [1.807, 2.05) is 0 Å². The second-order valence-corrected chi connectivity index (χ2v) is 0. The maximum absolute atomic E-state index is 0. The van der Waals surface area contributed by atoms with Gasteiger partial charge in [0.05, 0.1) is 0 Å². The summed E-state index contributed by atoms with van der Waals surface area (Å²) in [5, 5.41) is 0. The first-order valence-electron chi connectivity index (χ1n) is 0. The predicted octanol–water partition coefficient (Wildman–Crippen LogP) is -3.84. The Kier molecular flexibility index (Phi) is 145. The van der Waals surface area contributed by atoms with Crippen LogP contribution in [0.5, 0.6) is 0 Å². The van der Waals surface area contributed by atoms with Gasteiger partial charge in [-0.1, -0.05) is 0 Å². The van der Waals surface area contributed by atoms with Crippen molar-refractivity contribution in [3.05, 3.63) is 0 Å². The Morgan fingerprint density at radius 1 is 0.750 bits per heavy atom. The summed E-state index contributed by atoms with van der Waals surface area (Å²) in [6.45, 7) is 0. The minimum atomic E-state index is 0. The van der Waals surface area contributed by atoms with Crippen LogP contribution in [0, 0.1) is 0 Å². The molecule has 0 heterocycles. The second-order valence-electron chi connectivity index (χ2n) is 0. The molecule has 0 unspecified atom stereocenters. The van der Waals surface area contributed by atoms with Crippen molar-refractivity contribution in [1.82, 2.24) is 0 Å². The molecule has 0 aliphatic rings. The molecule has 0 atom stereocenters. The van der Waals surface area contributed by atoms with Crippen molar-refractivity contribution in [2.45, 2.75) is 0 Å². The van der Waals surface area contributed by atoms with Crippen LogP contribution < -0.4 is 0 Å². The first-order valence-corrected chi connectivity index (χ1v) is 0. The van der Waals surface area contributed by atoms with E-state index in [2.05, 4.69) is 0 Å². The standard InChI is InChI=1S/In.H2O.2Sn.7H/h;1H2;;;;;;;;;. The summed E-state index contributed by atoms with van der Waals surface area (Å²) in [5.41, 5.74) is 0. The molecule has 0 rings (SSSR count). The topological polar surface area (TPSA) is 31.5 Å². The molecule has 0 saturated carbocycles. The molecule has 1 nitrogen and oxygen atoms in total. The van der Waals surface area contributed by atoms with Gasteiger partial charge in [-0.15, -0.1) is 0 Å². The summed E-state index contributed by atoms with van der Waals surface area (Å²) in [7, 11) is 0. The molecular weight excluding hydrogens is 368 g/mol. The van der Waals surface area contributed by atoms with Crippen molar-refractivity contribution in [2.24, 2.45) is 0 Å². The second kappa shape index (κ2) is 18.1. The molecule has 26 valence electrons. The quantitative estimate of drug-likeness (QED) is 0.388. The first kappa shape index (κ1) is 32.1. The zero-order chi connectivity index (χ0) is 0. The van der Waals surface area contributed by atoms with Gasteiger partial charge < -0.3 is 5.48 Å². The first-order chi connectivity index (χ1) is 0. The molecule has 0 spiro atoms. The fourth-order valence-corrected chi connectivity index (χ4v) is 0. The van der Waals surface area contributed by atoms with Gasteiger partial charge in [0, 0.05) is 0 Å². The number of hydrogen-bond donors (Lipinski definition) is 0. The predicted molar refractivity (Wildman–Crippen MR) is 30.6 cm³/mol. The Labute approximate surface area is 77.9 Å². The van der Waals surface area contributed by atoms with Gasteiger partial charge in [0.25, 0.3) is 0 Å². The molecule has 0 aromatic rings. The molecular formula is H9InOSn2. The normalized spacial score (nSPS) is 0. The van der Waals surface area contributed by atoms with E-state index in [0.717, 1.165) is 0 Å². The van der Waals surface area contributed by atoms with Crippen molar-refractivity contribution in [2.75, 3.05) is 0 Å². The molecule has 4 heteroatoms. The Balaban J connectivity index is 0. The molecule has 0 saturated heterocycles. The van der Waals surface area contributed by atoms with Gasteiger partial charge in [-0.25, -0.2) is 0 Å². The molecule has 0 aliphatic carbocycles. The van der Waals surface area contributed by atoms with Gasteiger partial charge in [-0.05, 0) is 0 Å². The minimum absolute atomic E-state index is 0. The van der Waals surface area contributed by atoms with Crippen LogP contribution in [0.3, 0.4) is 0 Å². The molecule has 0 fully saturated rings. The van der Waals surface area contributed by atoms with E-state index in [1.54, 1.807) is 0 Å². The molecule has 0 bridgehead atoms. The fourth-order valence-electron chi connectivity index (χ4n) is 0. The Hall–Kier alpha value is 2.43. The van der Waals surface area contributed by atoms with Crippen LogP contribution in [-0.4, -0.2) is 79.1 Å². The molecule has 4 heavy (non-hydrogen) atoms. The van der Waals surface area contributed by atoms with Crippen LogP contribution in [-0.2, 0) is 0 Å². The van der Waals surface area contributed by atoms with E-state index in [4.69, 9.17) is 0 Å². The zero-order valence-electron chi connectivity index (χ0n) is 1.91. The molecule has 4 radical (unpaired) electrons. The fraction of sp³-hybridized carbons (Fsp3) is 0. The summed E-state index contributed by atoms with van der Waals surface area (Å²) in [5.74, 6) is 0. The van der Waals surface area contributed by atoms with E-state index in [1.165, 1.54) is 0 Å². The molecule has 0 aromatic heterocycles. The van der Waals surface area contributed by atoms with Crippen molar-refractivity contribution in [3.8, 4) is 0 Å². The molecule has 2 N–H and O–H groups in total. The Morgan fingerprint density at radius 2 is 0.750 bits per heavy atom. The maximum atomic E-state index is 0. The number of rotatable bonds is 0. The van der Waals surface area contributed by atoms with Crippen molar-refractivity contribution in [1.29, 1.82) is 0 Å². The van der Waals surface area contributed by atoms with E-state index >= 15 is 0 Å². The van der Waals surface area contributed by atoms with Crippen LogP contribution in [0.25, 0.3) is 0 Å². The monoisotopic (exact) mass is 380 g/mol. The summed E-state index contributed by atoms with van der Waals surface area (Å²) in [4.78, 5) is 0. The third kappa shape index (κ3) is 8.83. The van der Waals surface area contributed by atoms with Crippen LogP contribution in [0.1, 0.15) is 0 Å². The zero-order valence-corrected chi connectivity index (χ0v) is 9.99. The van der Waals surface area contributed by atoms with E-state index in [0.29, 0.717) is 0 Å². The molecule has 0 aromatic carbocycles. The molecule has 0 amide bonds. The van der Waals surface area contributed by atoms with Gasteiger partial charge in [-0.2, -0.15) is 0 Å². The van der Waals surface area contributed by atoms with Crippen LogP contribution >= 0.6 is 0 Å². The van der Waals surface area contributed by atoms with Crippen molar-refractivity contribution in [3.63, 3.8) is 0 Å². The van der Waals surface area contributed by atoms with E-state index in [-0.39, 0.29) is 79.1 Å². The summed E-state index contributed by atoms with van der Waals surface area (Å²) < 4.78 is 0. The van der Waals surface area contributed by atoms with E-state index < -0.39 is 0 Å². The van der Waals surface area contributed by atoms with Gasteiger partial charge in [0.1, 0.15) is 0 Å². The average molecular weight is 377 g/mol. The Bertz CT molecular complexity index is 6.00. The van der Waals surface area contributed by atoms with Crippen LogP contribution in [0.15, 0.2) is 0 Å². The van der Waals surface area contributed by atoms with Gasteiger partial charge in [-0.3, -0.25) is 0 Å². The summed E-state index contributed by atoms with van der Waals surface area (Å²) in [6, 6.07) is 0. The van der Waals surface area contributed by atoms with E-state index in [9.17, 15) is 0 Å². The third-order valence-electron chi connectivity index (χ3n) is 0. The van der Waals surface area contributed by atoms with Crippen LogP contribution in [0.2, 0.25) is 0 Å². The van der Waals surface area contributed by atoms with Gasteiger partial charge in [0.2, 0.25) is 0 Å². The summed E-state index contributed by atoms with van der Waals surface area (Å²) in [6.07, 6.45) is 0. The SMILES string of the molecule is O.[InH3].[SnH2].[SnH2]. The van der Waals surface area contributed by atoms with Gasteiger partial charge >= 0.3 is 73.7 Å². The van der Waals surface area contributed by atoms with Crippen molar-refractivity contribution < 1.29 is 5.48 Å². The third-order valence-corrected chi connectivity index (χ3v) is 0.